The first-order valence-corrected chi connectivity index (χ1v) is 8.48. The minimum atomic E-state index is -3.54. The van der Waals surface area contributed by atoms with Gasteiger partial charge >= 0.3 is 0 Å². The highest BCUT2D eigenvalue weighted by Crippen LogP contribution is 2.25. The molecule has 4 heteroatoms. The molecular weight excluding hydrogens is 282 g/mol. The molecule has 0 saturated carbocycles. The maximum atomic E-state index is 12.7. The van der Waals surface area contributed by atoms with Crippen LogP contribution in [0.2, 0.25) is 0 Å². The van der Waals surface area contributed by atoms with Crippen molar-refractivity contribution in [1.82, 2.24) is 3.97 Å². The van der Waals surface area contributed by atoms with Gasteiger partial charge in [0.1, 0.15) is 0 Å². The van der Waals surface area contributed by atoms with Gasteiger partial charge in [-0.3, -0.25) is 0 Å². The van der Waals surface area contributed by atoms with Gasteiger partial charge in [0, 0.05) is 11.6 Å². The molecule has 1 aromatic heterocycles. The molecule has 0 aliphatic rings. The molecule has 0 spiro atoms. The van der Waals surface area contributed by atoms with E-state index in [4.69, 9.17) is 0 Å². The van der Waals surface area contributed by atoms with Crippen molar-refractivity contribution < 1.29 is 8.42 Å². The molecular formula is C17H17NO2S. The van der Waals surface area contributed by atoms with Crippen LogP contribution in [0, 0.1) is 0 Å². The second-order valence-corrected chi connectivity index (χ2v) is 6.84. The summed E-state index contributed by atoms with van der Waals surface area (Å²) in [4.78, 5) is 0.309. The van der Waals surface area contributed by atoms with E-state index in [2.05, 4.69) is 13.0 Å². The second-order valence-electron chi connectivity index (χ2n) is 5.03. The molecule has 0 radical (unpaired) electrons. The van der Waals surface area contributed by atoms with Crippen LogP contribution in [0.4, 0.5) is 0 Å². The van der Waals surface area contributed by atoms with Gasteiger partial charge in [-0.05, 0) is 36.2 Å². The Kier molecular flexibility index (Phi) is 3.55. The molecule has 0 aliphatic heterocycles. The van der Waals surface area contributed by atoms with E-state index in [0.29, 0.717) is 4.90 Å². The van der Waals surface area contributed by atoms with Gasteiger partial charge in [0.15, 0.2) is 0 Å². The Balaban J connectivity index is 2.20. The lowest BCUT2D eigenvalue weighted by Gasteiger charge is -2.08. The van der Waals surface area contributed by atoms with Crippen molar-refractivity contribution >= 4 is 20.9 Å². The number of rotatable bonds is 4. The first-order chi connectivity index (χ1) is 10.1. The SMILES string of the molecule is CCCc1cccc2c1ccn2S(=O)(=O)c1ccccc1. The smallest absolute Gasteiger partial charge is 0.241 e. The largest absolute Gasteiger partial charge is 0.268 e. The Hall–Kier alpha value is -2.07. The number of benzene rings is 2. The molecule has 3 aromatic rings. The minimum absolute atomic E-state index is 0.309. The topological polar surface area (TPSA) is 39.1 Å². The van der Waals surface area contributed by atoms with E-state index in [9.17, 15) is 8.42 Å². The van der Waals surface area contributed by atoms with Crippen LogP contribution < -0.4 is 0 Å². The fourth-order valence-electron chi connectivity index (χ4n) is 2.61. The number of aryl methyl sites for hydroxylation is 1. The van der Waals surface area contributed by atoms with E-state index in [1.54, 1.807) is 30.5 Å². The molecule has 0 bridgehead atoms. The summed E-state index contributed by atoms with van der Waals surface area (Å²) in [5, 5.41) is 1.01. The zero-order chi connectivity index (χ0) is 14.9. The summed E-state index contributed by atoms with van der Waals surface area (Å²) in [6.45, 7) is 2.12. The van der Waals surface area contributed by atoms with Crippen molar-refractivity contribution in [3.8, 4) is 0 Å². The van der Waals surface area contributed by atoms with Gasteiger partial charge in [-0.1, -0.05) is 43.7 Å². The highest BCUT2D eigenvalue weighted by atomic mass is 32.2. The van der Waals surface area contributed by atoms with Gasteiger partial charge < -0.3 is 0 Å². The van der Waals surface area contributed by atoms with Crippen LogP contribution in [0.3, 0.4) is 0 Å². The van der Waals surface area contributed by atoms with Crippen molar-refractivity contribution in [2.24, 2.45) is 0 Å². The molecule has 0 N–H and O–H groups in total. The van der Waals surface area contributed by atoms with Gasteiger partial charge in [0.05, 0.1) is 10.4 Å². The Morgan fingerprint density at radius 2 is 1.71 bits per heavy atom. The lowest BCUT2D eigenvalue weighted by molar-refractivity contribution is 0.589. The van der Waals surface area contributed by atoms with E-state index < -0.39 is 10.0 Å². The van der Waals surface area contributed by atoms with Gasteiger partial charge in [-0.2, -0.15) is 0 Å². The number of aromatic nitrogens is 1. The Labute approximate surface area is 124 Å². The standard InChI is InChI=1S/C17H17NO2S/c1-2-7-14-8-6-11-17-16(14)12-13-18(17)21(19,20)15-9-4-3-5-10-15/h3-6,8-13H,2,7H2,1H3. The van der Waals surface area contributed by atoms with Gasteiger partial charge in [-0.15, -0.1) is 0 Å². The Morgan fingerprint density at radius 3 is 2.43 bits per heavy atom. The Bertz CT molecular complexity index is 864. The average molecular weight is 299 g/mol. The summed E-state index contributed by atoms with van der Waals surface area (Å²) in [5.74, 6) is 0. The third-order valence-electron chi connectivity index (χ3n) is 3.61. The van der Waals surface area contributed by atoms with Crippen LogP contribution in [0.25, 0.3) is 10.9 Å². The summed E-state index contributed by atoms with van der Waals surface area (Å²) in [6, 6.07) is 16.3. The molecule has 3 rings (SSSR count). The van der Waals surface area contributed by atoms with E-state index in [-0.39, 0.29) is 0 Å². The maximum absolute atomic E-state index is 12.7. The lowest BCUT2D eigenvalue weighted by Crippen LogP contribution is -2.11. The van der Waals surface area contributed by atoms with Crippen molar-refractivity contribution in [3.63, 3.8) is 0 Å². The van der Waals surface area contributed by atoms with Gasteiger partial charge in [0.25, 0.3) is 10.0 Å². The van der Waals surface area contributed by atoms with Crippen LogP contribution in [-0.2, 0) is 16.4 Å². The predicted octanol–water partition coefficient (Wildman–Crippen LogP) is 3.83. The van der Waals surface area contributed by atoms with Gasteiger partial charge in [-0.25, -0.2) is 12.4 Å². The van der Waals surface area contributed by atoms with Crippen LogP contribution >= 0.6 is 0 Å². The molecule has 0 aliphatic carbocycles. The monoisotopic (exact) mass is 299 g/mol. The van der Waals surface area contributed by atoms with E-state index in [1.807, 2.05) is 24.3 Å². The van der Waals surface area contributed by atoms with Crippen molar-refractivity contribution in [2.75, 3.05) is 0 Å². The van der Waals surface area contributed by atoms with Crippen molar-refractivity contribution in [3.05, 3.63) is 66.4 Å². The quantitative estimate of drug-likeness (QED) is 0.734. The molecule has 0 unspecified atom stereocenters. The van der Waals surface area contributed by atoms with Crippen LogP contribution in [0.1, 0.15) is 18.9 Å². The summed E-state index contributed by atoms with van der Waals surface area (Å²) >= 11 is 0. The predicted molar refractivity (Wildman–Crippen MR) is 85.0 cm³/mol. The van der Waals surface area contributed by atoms with Crippen molar-refractivity contribution in [1.29, 1.82) is 0 Å². The average Bonchev–Trinajstić information content (AvgIpc) is 2.94. The zero-order valence-corrected chi connectivity index (χ0v) is 12.7. The highest BCUT2D eigenvalue weighted by molar-refractivity contribution is 7.90. The summed E-state index contributed by atoms with van der Waals surface area (Å²) < 4.78 is 26.9. The number of nitrogens with zero attached hydrogens (tertiary/aromatic N) is 1. The summed E-state index contributed by atoms with van der Waals surface area (Å²) in [5.41, 5.74) is 1.93. The van der Waals surface area contributed by atoms with E-state index >= 15 is 0 Å². The molecule has 108 valence electrons. The second kappa shape index (κ2) is 5.37. The van der Waals surface area contributed by atoms with Crippen LogP contribution in [0.15, 0.2) is 65.7 Å². The first kappa shape index (κ1) is 13.9. The number of fused-ring (bicyclic) bond motifs is 1. The Morgan fingerprint density at radius 1 is 0.952 bits per heavy atom. The molecule has 0 atom stereocenters. The minimum Gasteiger partial charge on any atom is -0.241 e. The molecule has 1 heterocycles. The molecule has 0 fully saturated rings. The lowest BCUT2D eigenvalue weighted by atomic mass is 10.1. The molecule has 0 amide bonds. The van der Waals surface area contributed by atoms with Crippen molar-refractivity contribution in [2.45, 2.75) is 24.7 Å². The maximum Gasteiger partial charge on any atom is 0.268 e. The third-order valence-corrected chi connectivity index (χ3v) is 5.31. The summed E-state index contributed by atoms with van der Waals surface area (Å²) in [7, 11) is -3.54. The molecule has 3 nitrogen and oxygen atoms in total. The fraction of sp³-hybridized carbons (Fsp3) is 0.176. The number of hydrogen-bond donors (Lipinski definition) is 0. The zero-order valence-electron chi connectivity index (χ0n) is 11.9. The summed E-state index contributed by atoms with van der Waals surface area (Å²) in [6.07, 6.45) is 3.63. The van der Waals surface area contributed by atoms with E-state index in [0.717, 1.165) is 23.7 Å². The first-order valence-electron chi connectivity index (χ1n) is 7.04. The normalized spacial score (nSPS) is 11.9. The fourth-order valence-corrected chi connectivity index (χ4v) is 3.98. The number of hydrogen-bond acceptors (Lipinski definition) is 2. The molecule has 21 heavy (non-hydrogen) atoms. The van der Waals surface area contributed by atoms with Crippen LogP contribution in [-0.4, -0.2) is 12.4 Å². The third kappa shape index (κ3) is 2.36. The van der Waals surface area contributed by atoms with E-state index in [1.165, 1.54) is 9.54 Å². The highest BCUT2D eigenvalue weighted by Gasteiger charge is 2.18. The van der Waals surface area contributed by atoms with Gasteiger partial charge in [0.2, 0.25) is 0 Å². The molecule has 0 saturated heterocycles. The van der Waals surface area contributed by atoms with Crippen LogP contribution in [0.5, 0.6) is 0 Å². The molecule has 2 aromatic carbocycles.